The number of nitrogens with one attached hydrogen (secondary N) is 2. The van der Waals surface area contributed by atoms with E-state index < -0.39 is 23.4 Å². The van der Waals surface area contributed by atoms with Crippen molar-refractivity contribution in [3.05, 3.63) is 48.0 Å². The Balaban J connectivity index is 2.05. The lowest BCUT2D eigenvalue weighted by Crippen LogP contribution is -2.21. The van der Waals surface area contributed by atoms with Crippen molar-refractivity contribution in [1.29, 1.82) is 0 Å². The summed E-state index contributed by atoms with van der Waals surface area (Å²) in [4.78, 5) is 29.8. The molecule has 0 radical (unpaired) electrons. The molecule has 0 spiro atoms. The van der Waals surface area contributed by atoms with Crippen LogP contribution in [-0.2, 0) is 0 Å². The first-order valence-corrected chi connectivity index (χ1v) is 5.44. The van der Waals surface area contributed by atoms with Crippen molar-refractivity contribution in [2.24, 2.45) is 0 Å². The number of anilines is 2. The second-order valence-corrected chi connectivity index (χ2v) is 3.65. The first-order chi connectivity index (χ1) is 9.56. The number of hydrogen-bond acceptors (Lipinski definition) is 4. The van der Waals surface area contributed by atoms with Gasteiger partial charge in [-0.3, -0.25) is 5.32 Å². The molecular weight excluding hydrogens is 267 g/mol. The average molecular weight is 276 g/mol. The number of carboxylic acid groups (broad SMARTS) is 1. The Kier molecular flexibility index (Phi) is 3.85. The summed E-state index contributed by atoms with van der Waals surface area (Å²) in [5.74, 6) is -2.23. The molecule has 1 aromatic heterocycles. The molecule has 0 saturated carbocycles. The third-order valence-electron chi connectivity index (χ3n) is 2.25. The fourth-order valence-corrected chi connectivity index (χ4v) is 1.39. The maximum absolute atomic E-state index is 13.4. The number of aromatic nitrogens is 2. The Morgan fingerprint density at radius 1 is 1.15 bits per heavy atom. The minimum Gasteiger partial charge on any atom is -0.478 e. The van der Waals surface area contributed by atoms with Crippen molar-refractivity contribution in [1.82, 2.24) is 9.97 Å². The number of carbonyl (C=O) groups is 2. The number of amides is 2. The fourth-order valence-electron chi connectivity index (χ4n) is 1.39. The van der Waals surface area contributed by atoms with E-state index in [1.54, 1.807) is 6.07 Å². The summed E-state index contributed by atoms with van der Waals surface area (Å²) in [5, 5.41) is 13.3. The van der Waals surface area contributed by atoms with Crippen LogP contribution >= 0.6 is 0 Å². The van der Waals surface area contributed by atoms with E-state index in [1.165, 1.54) is 18.5 Å². The van der Waals surface area contributed by atoms with Gasteiger partial charge in [-0.15, -0.1) is 0 Å². The number of hydrogen-bond donors (Lipinski definition) is 3. The van der Waals surface area contributed by atoms with Gasteiger partial charge in [-0.25, -0.2) is 23.9 Å². The highest BCUT2D eigenvalue weighted by atomic mass is 19.1. The van der Waals surface area contributed by atoms with Gasteiger partial charge in [0.05, 0.1) is 5.56 Å². The molecule has 2 aromatic rings. The first-order valence-electron chi connectivity index (χ1n) is 5.44. The lowest BCUT2D eigenvalue weighted by Gasteiger charge is -2.07. The molecule has 0 bridgehead atoms. The van der Waals surface area contributed by atoms with Crippen LogP contribution in [0.3, 0.4) is 0 Å². The van der Waals surface area contributed by atoms with Gasteiger partial charge in [-0.05, 0) is 24.3 Å². The van der Waals surface area contributed by atoms with Crippen LogP contribution in [0.1, 0.15) is 10.4 Å². The Hall–Kier alpha value is -3.03. The van der Waals surface area contributed by atoms with Crippen LogP contribution in [0.2, 0.25) is 0 Å². The Morgan fingerprint density at radius 3 is 2.45 bits per heavy atom. The summed E-state index contributed by atoms with van der Waals surface area (Å²) < 4.78 is 13.4. The number of aromatic carboxylic acids is 1. The molecule has 7 nitrogen and oxygen atoms in total. The van der Waals surface area contributed by atoms with E-state index in [2.05, 4.69) is 20.6 Å². The highest BCUT2D eigenvalue weighted by Gasteiger charge is 2.11. The minimum absolute atomic E-state index is 0.0904. The Bertz CT molecular complexity index is 648. The number of carbonyl (C=O) groups excluding carboxylic acids is 1. The van der Waals surface area contributed by atoms with Crippen molar-refractivity contribution >= 4 is 23.6 Å². The lowest BCUT2D eigenvalue weighted by molar-refractivity contribution is 0.0692. The van der Waals surface area contributed by atoms with Gasteiger partial charge in [0, 0.05) is 18.1 Å². The van der Waals surface area contributed by atoms with Crippen LogP contribution in [-0.4, -0.2) is 27.1 Å². The summed E-state index contributed by atoms with van der Waals surface area (Å²) in [7, 11) is 0. The molecule has 8 heteroatoms. The van der Waals surface area contributed by atoms with Crippen molar-refractivity contribution in [2.75, 3.05) is 10.6 Å². The number of urea groups is 1. The molecule has 3 N–H and O–H groups in total. The number of carboxylic acids is 1. The Labute approximate surface area is 112 Å². The summed E-state index contributed by atoms with van der Waals surface area (Å²) in [6, 6.07) is 4.17. The van der Waals surface area contributed by atoms with Crippen molar-refractivity contribution in [3.8, 4) is 0 Å². The number of benzene rings is 1. The maximum Gasteiger partial charge on any atom is 0.338 e. The summed E-state index contributed by atoms with van der Waals surface area (Å²) in [5.41, 5.74) is -0.358. The van der Waals surface area contributed by atoms with E-state index in [1.807, 2.05) is 0 Å². The molecule has 0 fully saturated rings. The number of halogens is 1. The zero-order chi connectivity index (χ0) is 14.5. The van der Waals surface area contributed by atoms with Crippen molar-refractivity contribution in [2.45, 2.75) is 0 Å². The van der Waals surface area contributed by atoms with E-state index in [-0.39, 0.29) is 11.6 Å². The van der Waals surface area contributed by atoms with Crippen molar-refractivity contribution < 1.29 is 19.1 Å². The normalized spacial score (nSPS) is 9.85. The van der Waals surface area contributed by atoms with Crippen LogP contribution in [0, 0.1) is 5.82 Å². The molecule has 2 amide bonds. The zero-order valence-corrected chi connectivity index (χ0v) is 10.0. The van der Waals surface area contributed by atoms with E-state index >= 15 is 0 Å². The van der Waals surface area contributed by atoms with Gasteiger partial charge in [-0.1, -0.05) is 0 Å². The highest BCUT2D eigenvalue weighted by Crippen LogP contribution is 2.14. The third kappa shape index (κ3) is 3.25. The molecule has 0 aliphatic rings. The van der Waals surface area contributed by atoms with Gasteiger partial charge in [0.2, 0.25) is 5.95 Å². The molecule has 102 valence electrons. The zero-order valence-electron chi connectivity index (χ0n) is 10.0. The fraction of sp³-hybridized carbons (Fsp3) is 0. The smallest absolute Gasteiger partial charge is 0.338 e. The van der Waals surface area contributed by atoms with Crippen LogP contribution in [0.5, 0.6) is 0 Å². The van der Waals surface area contributed by atoms with Gasteiger partial charge < -0.3 is 10.4 Å². The van der Waals surface area contributed by atoms with Crippen LogP contribution in [0.4, 0.5) is 20.8 Å². The van der Waals surface area contributed by atoms with Crippen LogP contribution in [0.15, 0.2) is 36.7 Å². The first kappa shape index (κ1) is 13.4. The maximum atomic E-state index is 13.4. The molecule has 0 unspecified atom stereocenters. The van der Waals surface area contributed by atoms with Crippen LogP contribution in [0.25, 0.3) is 0 Å². The molecule has 20 heavy (non-hydrogen) atoms. The minimum atomic E-state index is -1.38. The van der Waals surface area contributed by atoms with Gasteiger partial charge in [0.25, 0.3) is 0 Å². The molecular formula is C12H9FN4O3. The van der Waals surface area contributed by atoms with Gasteiger partial charge in [0.1, 0.15) is 5.82 Å². The van der Waals surface area contributed by atoms with E-state index in [9.17, 15) is 14.0 Å². The lowest BCUT2D eigenvalue weighted by atomic mass is 10.2. The number of nitrogens with zero attached hydrogens (tertiary/aromatic N) is 2. The predicted octanol–water partition coefficient (Wildman–Crippen LogP) is 1.96. The summed E-state index contributed by atoms with van der Waals surface area (Å²) in [6.45, 7) is 0. The van der Waals surface area contributed by atoms with E-state index in [4.69, 9.17) is 5.11 Å². The van der Waals surface area contributed by atoms with Gasteiger partial charge in [-0.2, -0.15) is 0 Å². The third-order valence-corrected chi connectivity index (χ3v) is 2.25. The quantitative estimate of drug-likeness (QED) is 0.794. The van der Waals surface area contributed by atoms with Gasteiger partial charge >= 0.3 is 12.0 Å². The molecule has 0 aliphatic heterocycles. The van der Waals surface area contributed by atoms with Crippen molar-refractivity contribution in [3.63, 3.8) is 0 Å². The number of rotatable bonds is 3. The molecule has 0 saturated heterocycles. The molecule has 1 heterocycles. The highest BCUT2D eigenvalue weighted by molar-refractivity contribution is 5.99. The topological polar surface area (TPSA) is 104 Å². The molecule has 1 aromatic carbocycles. The molecule has 0 atom stereocenters. The van der Waals surface area contributed by atoms with E-state index in [0.717, 1.165) is 12.1 Å². The summed E-state index contributed by atoms with van der Waals surface area (Å²) in [6.07, 6.45) is 2.90. The second kappa shape index (κ2) is 5.74. The largest absolute Gasteiger partial charge is 0.478 e. The standard InChI is InChI=1S/C12H9FN4O3/c13-9-6-7(2-3-8(9)10(18)19)16-12(20)17-11-14-4-1-5-15-11/h1-6H,(H,18,19)(H2,14,15,16,17,20). The predicted molar refractivity (Wildman–Crippen MR) is 68.0 cm³/mol. The summed E-state index contributed by atoms with van der Waals surface area (Å²) >= 11 is 0. The SMILES string of the molecule is O=C(Nc1ccc(C(=O)O)c(F)c1)Nc1ncccn1. The molecule has 0 aliphatic carbocycles. The monoisotopic (exact) mass is 276 g/mol. The second-order valence-electron chi connectivity index (χ2n) is 3.65. The van der Waals surface area contributed by atoms with E-state index in [0.29, 0.717) is 0 Å². The Morgan fingerprint density at radius 2 is 1.85 bits per heavy atom. The average Bonchev–Trinajstić information content (AvgIpc) is 2.39. The molecule has 2 rings (SSSR count). The van der Waals surface area contributed by atoms with Crippen LogP contribution < -0.4 is 10.6 Å². The van der Waals surface area contributed by atoms with Gasteiger partial charge in [0.15, 0.2) is 0 Å².